The topological polar surface area (TPSA) is 15.3 Å². The smallest absolute Gasteiger partial charge is 0.0198 e. The molecular formula is C17H34N2. The highest BCUT2D eigenvalue weighted by Gasteiger charge is 2.32. The summed E-state index contributed by atoms with van der Waals surface area (Å²) in [5, 5.41) is 3.83. The van der Waals surface area contributed by atoms with E-state index in [2.05, 4.69) is 31.0 Å². The lowest BCUT2D eigenvalue weighted by atomic mass is 9.85. The van der Waals surface area contributed by atoms with Crippen LogP contribution in [0.3, 0.4) is 0 Å². The fraction of sp³-hybridized carbons (Fsp3) is 1.00. The van der Waals surface area contributed by atoms with Gasteiger partial charge in [0.1, 0.15) is 0 Å². The van der Waals surface area contributed by atoms with Crippen molar-refractivity contribution in [2.75, 3.05) is 19.6 Å². The molecular weight excluding hydrogens is 232 g/mol. The van der Waals surface area contributed by atoms with Gasteiger partial charge < -0.3 is 5.32 Å². The minimum absolute atomic E-state index is 0.754. The number of hydrogen-bond acceptors (Lipinski definition) is 2. The summed E-state index contributed by atoms with van der Waals surface area (Å²) in [6, 6.07) is 1.68. The highest BCUT2D eigenvalue weighted by molar-refractivity contribution is 4.89. The highest BCUT2D eigenvalue weighted by Crippen LogP contribution is 2.30. The van der Waals surface area contributed by atoms with E-state index in [0.717, 1.165) is 23.9 Å². The molecule has 2 nitrogen and oxygen atoms in total. The molecule has 2 aliphatic rings. The summed E-state index contributed by atoms with van der Waals surface area (Å²) in [6.07, 6.45) is 9.88. The molecule has 19 heavy (non-hydrogen) atoms. The quantitative estimate of drug-likeness (QED) is 0.756. The summed E-state index contributed by atoms with van der Waals surface area (Å²) in [5.74, 6) is 1.76. The predicted octanol–water partition coefficient (Wildman–Crippen LogP) is 3.67. The summed E-state index contributed by atoms with van der Waals surface area (Å²) in [4.78, 5) is 2.81. The maximum atomic E-state index is 3.83. The predicted molar refractivity (Wildman–Crippen MR) is 83.5 cm³/mol. The maximum Gasteiger partial charge on any atom is 0.0198 e. The highest BCUT2D eigenvalue weighted by atomic mass is 15.2. The fourth-order valence-corrected chi connectivity index (χ4v) is 3.63. The van der Waals surface area contributed by atoms with Gasteiger partial charge in [0.15, 0.2) is 0 Å². The lowest BCUT2D eigenvalue weighted by molar-refractivity contribution is 0.0558. The summed E-state index contributed by atoms with van der Waals surface area (Å²) in [6.45, 7) is 10.9. The lowest BCUT2D eigenvalue weighted by Gasteiger charge is -2.45. The van der Waals surface area contributed by atoms with E-state index in [9.17, 15) is 0 Å². The number of nitrogens with one attached hydrogen (secondary N) is 1. The van der Waals surface area contributed by atoms with Crippen molar-refractivity contribution in [3.63, 3.8) is 0 Å². The summed E-state index contributed by atoms with van der Waals surface area (Å²) in [7, 11) is 0. The Bertz CT molecular complexity index is 248. The largest absolute Gasteiger partial charge is 0.313 e. The average molecular weight is 266 g/mol. The Morgan fingerprint density at radius 2 is 2.00 bits per heavy atom. The van der Waals surface area contributed by atoms with Gasteiger partial charge in [0.2, 0.25) is 0 Å². The second-order valence-electron chi connectivity index (χ2n) is 7.26. The number of rotatable bonds is 7. The average Bonchev–Trinajstić information content (AvgIpc) is 2.26. The minimum atomic E-state index is 0.754. The molecule has 0 spiro atoms. The Morgan fingerprint density at radius 3 is 2.58 bits per heavy atom. The van der Waals surface area contributed by atoms with Gasteiger partial charge in [-0.05, 0) is 50.5 Å². The molecule has 2 unspecified atom stereocenters. The van der Waals surface area contributed by atoms with Crippen LogP contribution >= 0.6 is 0 Å². The normalized spacial score (nSPS) is 29.7. The minimum Gasteiger partial charge on any atom is -0.313 e. The van der Waals surface area contributed by atoms with Crippen molar-refractivity contribution in [2.45, 2.75) is 77.8 Å². The summed E-state index contributed by atoms with van der Waals surface area (Å²) < 4.78 is 0. The third-order valence-electron chi connectivity index (χ3n) is 5.01. The first-order chi connectivity index (χ1) is 9.19. The van der Waals surface area contributed by atoms with Crippen LogP contribution in [-0.2, 0) is 0 Å². The fourth-order valence-electron chi connectivity index (χ4n) is 3.63. The van der Waals surface area contributed by atoms with Crippen LogP contribution in [0.1, 0.15) is 65.7 Å². The first-order valence-corrected chi connectivity index (χ1v) is 8.66. The van der Waals surface area contributed by atoms with Crippen molar-refractivity contribution < 1.29 is 0 Å². The molecule has 1 N–H and O–H groups in total. The number of piperidine rings is 1. The van der Waals surface area contributed by atoms with Gasteiger partial charge in [-0.15, -0.1) is 0 Å². The van der Waals surface area contributed by atoms with E-state index >= 15 is 0 Å². The van der Waals surface area contributed by atoms with Crippen LogP contribution in [0.25, 0.3) is 0 Å². The molecule has 2 rings (SSSR count). The second kappa shape index (κ2) is 7.64. The molecule has 0 aromatic carbocycles. The number of likely N-dealkylation sites (tertiary alicyclic amines) is 1. The Morgan fingerprint density at radius 1 is 1.21 bits per heavy atom. The molecule has 2 heteroatoms. The van der Waals surface area contributed by atoms with Crippen molar-refractivity contribution in [2.24, 2.45) is 11.8 Å². The van der Waals surface area contributed by atoms with Gasteiger partial charge in [-0.25, -0.2) is 0 Å². The first-order valence-electron chi connectivity index (χ1n) is 8.66. The number of hydrogen-bond donors (Lipinski definition) is 1. The molecule has 2 atom stereocenters. The third kappa shape index (κ3) is 4.75. The van der Waals surface area contributed by atoms with Gasteiger partial charge in [-0.1, -0.05) is 33.6 Å². The monoisotopic (exact) mass is 266 g/mol. The zero-order chi connectivity index (χ0) is 13.7. The van der Waals surface area contributed by atoms with E-state index in [1.807, 2.05) is 0 Å². The van der Waals surface area contributed by atoms with Gasteiger partial charge in [-0.3, -0.25) is 4.90 Å². The van der Waals surface area contributed by atoms with Crippen molar-refractivity contribution in [3.05, 3.63) is 0 Å². The van der Waals surface area contributed by atoms with Gasteiger partial charge in [0.05, 0.1) is 0 Å². The van der Waals surface area contributed by atoms with Gasteiger partial charge >= 0.3 is 0 Å². The van der Waals surface area contributed by atoms with E-state index < -0.39 is 0 Å². The number of nitrogens with zero attached hydrogens (tertiary/aromatic N) is 1. The molecule has 1 saturated carbocycles. The van der Waals surface area contributed by atoms with Gasteiger partial charge in [0, 0.05) is 25.2 Å². The molecule has 1 saturated heterocycles. The Labute approximate surface area is 120 Å². The van der Waals surface area contributed by atoms with Crippen LogP contribution in [-0.4, -0.2) is 36.6 Å². The molecule has 2 fully saturated rings. The standard InChI is InChI=1S/C17H34N2/c1-4-6-15-11-16(18-10-9-14(2)3)13-19(12-15)17-7-5-8-17/h14-18H,4-13H2,1-3H3. The molecule has 1 aliphatic heterocycles. The maximum absolute atomic E-state index is 3.83. The van der Waals surface area contributed by atoms with Crippen molar-refractivity contribution in [1.29, 1.82) is 0 Å². The van der Waals surface area contributed by atoms with E-state index in [1.54, 1.807) is 0 Å². The van der Waals surface area contributed by atoms with Gasteiger partial charge in [-0.2, -0.15) is 0 Å². The lowest BCUT2D eigenvalue weighted by Crippen LogP contribution is -2.54. The SMILES string of the molecule is CCCC1CC(NCCC(C)C)CN(C2CCC2)C1. The Hall–Kier alpha value is -0.0800. The van der Waals surface area contributed by atoms with Crippen molar-refractivity contribution in [1.82, 2.24) is 10.2 Å². The molecule has 0 aromatic heterocycles. The van der Waals surface area contributed by atoms with Crippen LogP contribution in [0.4, 0.5) is 0 Å². The first kappa shape index (κ1) is 15.3. The van der Waals surface area contributed by atoms with Crippen LogP contribution < -0.4 is 5.32 Å². The van der Waals surface area contributed by atoms with Crippen LogP contribution in [0.2, 0.25) is 0 Å². The van der Waals surface area contributed by atoms with Gasteiger partial charge in [0.25, 0.3) is 0 Å². The molecule has 0 radical (unpaired) electrons. The zero-order valence-corrected chi connectivity index (χ0v) is 13.3. The molecule has 0 aromatic rings. The van der Waals surface area contributed by atoms with Crippen LogP contribution in [0.15, 0.2) is 0 Å². The summed E-state index contributed by atoms with van der Waals surface area (Å²) >= 11 is 0. The third-order valence-corrected chi connectivity index (χ3v) is 5.01. The second-order valence-corrected chi connectivity index (χ2v) is 7.26. The molecule has 0 amide bonds. The Balaban J connectivity index is 1.79. The van der Waals surface area contributed by atoms with E-state index in [-0.39, 0.29) is 0 Å². The van der Waals surface area contributed by atoms with Crippen molar-refractivity contribution >= 4 is 0 Å². The molecule has 112 valence electrons. The zero-order valence-electron chi connectivity index (χ0n) is 13.3. The molecule has 1 heterocycles. The molecule has 1 aliphatic carbocycles. The van der Waals surface area contributed by atoms with E-state index in [4.69, 9.17) is 0 Å². The van der Waals surface area contributed by atoms with E-state index in [0.29, 0.717) is 0 Å². The van der Waals surface area contributed by atoms with Crippen LogP contribution in [0, 0.1) is 11.8 Å². The Kier molecular flexibility index (Phi) is 6.15. The molecule has 0 bridgehead atoms. The van der Waals surface area contributed by atoms with Crippen LogP contribution in [0.5, 0.6) is 0 Å². The summed E-state index contributed by atoms with van der Waals surface area (Å²) in [5.41, 5.74) is 0. The van der Waals surface area contributed by atoms with E-state index in [1.165, 1.54) is 64.6 Å². The van der Waals surface area contributed by atoms with Crippen molar-refractivity contribution in [3.8, 4) is 0 Å².